The van der Waals surface area contributed by atoms with Gasteiger partial charge in [-0.3, -0.25) is 0 Å². The van der Waals surface area contributed by atoms with Gasteiger partial charge in [-0.1, -0.05) is 41.5 Å². The first-order chi connectivity index (χ1) is 6.14. The van der Waals surface area contributed by atoms with Crippen LogP contribution in [0, 0.1) is 6.92 Å². The molecule has 1 heteroatoms. The van der Waals surface area contributed by atoms with Gasteiger partial charge < -0.3 is 4.42 Å². The average Bonchev–Trinajstić information content (AvgIpc) is 2.27. The Kier molecular flexibility index (Phi) is 2.55. The van der Waals surface area contributed by atoms with Gasteiger partial charge in [-0.15, -0.1) is 0 Å². The molecule has 0 spiro atoms. The van der Waals surface area contributed by atoms with Gasteiger partial charge in [0.05, 0.1) is 6.26 Å². The standard InChI is InChI=1S/C13H22O/c1-9-8-14-11(13(5,6)7)10(9)12(2,3)4/h8H,1-7H3. The predicted molar refractivity (Wildman–Crippen MR) is 60.8 cm³/mol. The number of furan rings is 1. The van der Waals surface area contributed by atoms with Crippen molar-refractivity contribution in [3.63, 3.8) is 0 Å². The van der Waals surface area contributed by atoms with E-state index in [1.54, 1.807) is 0 Å². The largest absolute Gasteiger partial charge is 0.468 e. The zero-order chi connectivity index (χ0) is 11.1. The second-order valence-electron chi connectivity index (χ2n) is 6.12. The molecule has 0 saturated heterocycles. The van der Waals surface area contributed by atoms with E-state index in [0.717, 1.165) is 5.76 Å². The van der Waals surface area contributed by atoms with Crippen LogP contribution in [0.2, 0.25) is 0 Å². The third-order valence-corrected chi connectivity index (χ3v) is 2.41. The Labute approximate surface area is 87.5 Å². The minimum atomic E-state index is 0.0941. The molecule has 0 aliphatic carbocycles. The Morgan fingerprint density at radius 1 is 0.929 bits per heavy atom. The van der Waals surface area contributed by atoms with E-state index in [1.165, 1.54) is 11.1 Å². The van der Waals surface area contributed by atoms with Crippen LogP contribution in [0.5, 0.6) is 0 Å². The van der Waals surface area contributed by atoms with Crippen LogP contribution in [0.4, 0.5) is 0 Å². The maximum absolute atomic E-state index is 5.69. The molecular weight excluding hydrogens is 172 g/mol. The van der Waals surface area contributed by atoms with Crippen LogP contribution in [-0.4, -0.2) is 0 Å². The zero-order valence-corrected chi connectivity index (χ0v) is 10.5. The lowest BCUT2D eigenvalue weighted by Gasteiger charge is -2.25. The lowest BCUT2D eigenvalue weighted by atomic mass is 9.78. The van der Waals surface area contributed by atoms with E-state index >= 15 is 0 Å². The first-order valence-corrected chi connectivity index (χ1v) is 5.23. The third kappa shape index (κ3) is 2.02. The molecule has 0 aromatic carbocycles. The summed E-state index contributed by atoms with van der Waals surface area (Å²) < 4.78 is 5.69. The SMILES string of the molecule is Cc1coc(C(C)(C)C)c1C(C)(C)C. The van der Waals surface area contributed by atoms with Gasteiger partial charge in [-0.2, -0.15) is 0 Å². The Morgan fingerprint density at radius 3 is 1.71 bits per heavy atom. The van der Waals surface area contributed by atoms with Crippen molar-refractivity contribution in [1.82, 2.24) is 0 Å². The van der Waals surface area contributed by atoms with Gasteiger partial charge in [-0.25, -0.2) is 0 Å². The Balaban J connectivity index is 3.35. The number of rotatable bonds is 0. The molecule has 0 aliphatic rings. The molecule has 14 heavy (non-hydrogen) atoms. The van der Waals surface area contributed by atoms with Gasteiger partial charge in [0, 0.05) is 11.0 Å². The fourth-order valence-electron chi connectivity index (χ4n) is 1.93. The normalized spacial score (nSPS) is 13.4. The summed E-state index contributed by atoms with van der Waals surface area (Å²) in [6.07, 6.45) is 1.88. The summed E-state index contributed by atoms with van der Waals surface area (Å²) in [7, 11) is 0. The van der Waals surface area contributed by atoms with Crippen LogP contribution in [0.1, 0.15) is 58.4 Å². The van der Waals surface area contributed by atoms with Crippen molar-refractivity contribution < 1.29 is 4.42 Å². The molecule has 1 heterocycles. The number of aryl methyl sites for hydroxylation is 1. The van der Waals surface area contributed by atoms with Crippen molar-refractivity contribution in [3.05, 3.63) is 23.2 Å². The maximum Gasteiger partial charge on any atom is 0.113 e. The molecule has 1 rings (SSSR count). The second-order valence-corrected chi connectivity index (χ2v) is 6.12. The molecule has 0 atom stereocenters. The van der Waals surface area contributed by atoms with Crippen LogP contribution in [0.15, 0.2) is 10.7 Å². The number of hydrogen-bond donors (Lipinski definition) is 0. The van der Waals surface area contributed by atoms with E-state index in [1.807, 2.05) is 6.26 Å². The number of hydrogen-bond acceptors (Lipinski definition) is 1. The minimum absolute atomic E-state index is 0.0941. The fraction of sp³-hybridized carbons (Fsp3) is 0.692. The fourth-order valence-corrected chi connectivity index (χ4v) is 1.93. The van der Waals surface area contributed by atoms with Gasteiger partial charge >= 0.3 is 0 Å². The molecule has 0 N–H and O–H groups in total. The molecule has 1 aromatic rings. The van der Waals surface area contributed by atoms with Crippen LogP contribution < -0.4 is 0 Å². The lowest BCUT2D eigenvalue weighted by molar-refractivity contribution is 0.392. The molecular formula is C13H22O. The average molecular weight is 194 g/mol. The Morgan fingerprint density at radius 2 is 1.43 bits per heavy atom. The summed E-state index contributed by atoms with van der Waals surface area (Å²) in [6.45, 7) is 15.4. The highest BCUT2D eigenvalue weighted by atomic mass is 16.3. The van der Waals surface area contributed by atoms with Crippen molar-refractivity contribution in [1.29, 1.82) is 0 Å². The topological polar surface area (TPSA) is 13.1 Å². The molecule has 0 saturated carbocycles. The van der Waals surface area contributed by atoms with Gasteiger partial charge in [-0.05, 0) is 17.9 Å². The first kappa shape index (κ1) is 11.4. The molecule has 0 aliphatic heterocycles. The van der Waals surface area contributed by atoms with Gasteiger partial charge in [0.15, 0.2) is 0 Å². The summed E-state index contributed by atoms with van der Waals surface area (Å²) in [5.41, 5.74) is 2.89. The summed E-state index contributed by atoms with van der Waals surface area (Å²) in [5.74, 6) is 1.13. The van der Waals surface area contributed by atoms with Crippen molar-refractivity contribution >= 4 is 0 Å². The Bertz CT molecular complexity index is 318. The second kappa shape index (κ2) is 3.15. The molecule has 1 aromatic heterocycles. The van der Waals surface area contributed by atoms with Crippen LogP contribution in [0.25, 0.3) is 0 Å². The Hall–Kier alpha value is -0.720. The highest BCUT2D eigenvalue weighted by Crippen LogP contribution is 2.36. The third-order valence-electron chi connectivity index (χ3n) is 2.41. The van der Waals surface area contributed by atoms with Crippen molar-refractivity contribution in [2.24, 2.45) is 0 Å². The molecule has 0 radical (unpaired) electrons. The van der Waals surface area contributed by atoms with E-state index in [9.17, 15) is 0 Å². The smallest absolute Gasteiger partial charge is 0.113 e. The molecule has 80 valence electrons. The van der Waals surface area contributed by atoms with Gasteiger partial charge in [0.25, 0.3) is 0 Å². The van der Waals surface area contributed by atoms with Crippen LogP contribution in [0.3, 0.4) is 0 Å². The molecule has 1 nitrogen and oxygen atoms in total. The van der Waals surface area contributed by atoms with Gasteiger partial charge in [0.2, 0.25) is 0 Å². The first-order valence-electron chi connectivity index (χ1n) is 5.23. The molecule has 0 bridgehead atoms. The molecule has 0 unspecified atom stereocenters. The molecule has 0 fully saturated rings. The van der Waals surface area contributed by atoms with Crippen LogP contribution >= 0.6 is 0 Å². The van der Waals surface area contributed by atoms with Crippen molar-refractivity contribution in [2.45, 2.75) is 59.3 Å². The van der Waals surface area contributed by atoms with E-state index in [2.05, 4.69) is 48.5 Å². The van der Waals surface area contributed by atoms with Gasteiger partial charge in [0.1, 0.15) is 5.76 Å². The van der Waals surface area contributed by atoms with Crippen molar-refractivity contribution in [3.8, 4) is 0 Å². The quantitative estimate of drug-likeness (QED) is 0.603. The summed E-state index contributed by atoms with van der Waals surface area (Å²) in [4.78, 5) is 0. The van der Waals surface area contributed by atoms with E-state index in [-0.39, 0.29) is 10.8 Å². The van der Waals surface area contributed by atoms with Crippen molar-refractivity contribution in [2.75, 3.05) is 0 Å². The monoisotopic (exact) mass is 194 g/mol. The highest BCUT2D eigenvalue weighted by Gasteiger charge is 2.29. The zero-order valence-electron chi connectivity index (χ0n) is 10.5. The highest BCUT2D eigenvalue weighted by molar-refractivity contribution is 5.36. The summed E-state index contributed by atoms with van der Waals surface area (Å²) in [5, 5.41) is 0. The lowest BCUT2D eigenvalue weighted by Crippen LogP contribution is -2.20. The van der Waals surface area contributed by atoms with E-state index in [4.69, 9.17) is 4.42 Å². The summed E-state index contributed by atoms with van der Waals surface area (Å²) >= 11 is 0. The predicted octanol–water partition coefficient (Wildman–Crippen LogP) is 4.18. The maximum atomic E-state index is 5.69. The minimum Gasteiger partial charge on any atom is -0.468 e. The summed E-state index contributed by atoms with van der Waals surface area (Å²) in [6, 6.07) is 0. The molecule has 0 amide bonds. The van der Waals surface area contributed by atoms with E-state index in [0.29, 0.717) is 0 Å². The van der Waals surface area contributed by atoms with Crippen LogP contribution in [-0.2, 0) is 10.8 Å². The van der Waals surface area contributed by atoms with E-state index < -0.39 is 0 Å².